The van der Waals surface area contributed by atoms with E-state index in [2.05, 4.69) is 12.0 Å². The van der Waals surface area contributed by atoms with Gasteiger partial charge in [0.05, 0.1) is 20.3 Å². The van der Waals surface area contributed by atoms with Crippen molar-refractivity contribution in [2.24, 2.45) is 0 Å². The van der Waals surface area contributed by atoms with Crippen molar-refractivity contribution >= 4 is 12.1 Å². The maximum atomic E-state index is 12.7. The number of nitrogens with zero attached hydrogens (tertiary/aromatic N) is 2. The van der Waals surface area contributed by atoms with Crippen LogP contribution in [0.1, 0.15) is 10.5 Å². The number of nitrogens with one attached hydrogen (secondary N) is 1. The highest BCUT2D eigenvalue weighted by atomic mass is 16.7. The molecule has 2 aliphatic rings. The van der Waals surface area contributed by atoms with Crippen molar-refractivity contribution in [1.82, 2.24) is 9.58 Å². The second-order valence-electron chi connectivity index (χ2n) is 5.33. The van der Waals surface area contributed by atoms with Crippen molar-refractivity contribution in [2.75, 3.05) is 38.9 Å². The van der Waals surface area contributed by atoms with Crippen LogP contribution in [0, 0.1) is 0 Å². The minimum Gasteiger partial charge on any atom is -0.498 e. The van der Waals surface area contributed by atoms with E-state index in [0.29, 0.717) is 19.8 Å². The lowest BCUT2D eigenvalue weighted by atomic mass is 10.2. The van der Waals surface area contributed by atoms with Crippen molar-refractivity contribution in [2.45, 2.75) is 6.17 Å². The fourth-order valence-corrected chi connectivity index (χ4v) is 2.49. The van der Waals surface area contributed by atoms with Crippen LogP contribution in [0.15, 0.2) is 29.4 Å². The molecule has 0 aromatic carbocycles. The van der Waals surface area contributed by atoms with Gasteiger partial charge in [0.2, 0.25) is 11.2 Å². The van der Waals surface area contributed by atoms with Crippen LogP contribution < -0.4 is 15.6 Å². The van der Waals surface area contributed by atoms with Crippen molar-refractivity contribution in [1.29, 1.82) is 0 Å². The van der Waals surface area contributed by atoms with Crippen LogP contribution >= 0.6 is 0 Å². The first-order chi connectivity index (χ1) is 12.0. The Balaban J connectivity index is 1.86. The van der Waals surface area contributed by atoms with Crippen molar-refractivity contribution in [3.8, 4) is 5.75 Å². The van der Waals surface area contributed by atoms with Gasteiger partial charge in [-0.2, -0.15) is 0 Å². The number of hydrogen-bond acceptors (Lipinski definition) is 8. The first kappa shape index (κ1) is 16.8. The van der Waals surface area contributed by atoms with Gasteiger partial charge < -0.3 is 29.3 Å². The van der Waals surface area contributed by atoms with Gasteiger partial charge in [0.15, 0.2) is 12.3 Å². The van der Waals surface area contributed by atoms with E-state index >= 15 is 0 Å². The second-order valence-corrected chi connectivity index (χ2v) is 5.33. The zero-order chi connectivity index (χ0) is 18.0. The molecule has 1 aromatic heterocycles. The summed E-state index contributed by atoms with van der Waals surface area (Å²) in [5, 5.41) is 0. The van der Waals surface area contributed by atoms with Crippen LogP contribution in [0.5, 0.6) is 5.75 Å². The lowest BCUT2D eigenvalue weighted by molar-refractivity contribution is -0.00323. The van der Waals surface area contributed by atoms with E-state index < -0.39 is 23.2 Å². The summed E-state index contributed by atoms with van der Waals surface area (Å²) in [7, 11) is 1.38. The van der Waals surface area contributed by atoms with Crippen molar-refractivity contribution < 1.29 is 28.5 Å². The standard InChI is InChI=1S/C15H17N3O7/c1-9(22-2)7-24-15(21)25-13-10(19)3-4-18-12(13)14(20)17-5-6-23-8-11(17)16-18/h3-4,11,16H,1,5-8H2,2H3. The molecule has 134 valence electrons. The molecule has 0 radical (unpaired) electrons. The Bertz CT molecular complexity index is 773. The third-order valence-electron chi connectivity index (χ3n) is 3.76. The quantitative estimate of drug-likeness (QED) is 0.591. The number of hydrogen-bond donors (Lipinski definition) is 1. The predicted octanol–water partition coefficient (Wildman–Crippen LogP) is -0.121. The summed E-state index contributed by atoms with van der Waals surface area (Å²) in [6.45, 7) is 4.32. The number of carbonyl (C=O) groups is 2. The minimum absolute atomic E-state index is 0.0758. The maximum Gasteiger partial charge on any atom is 0.514 e. The second kappa shape index (κ2) is 6.85. The highest BCUT2D eigenvalue weighted by Gasteiger charge is 2.37. The molecule has 1 fully saturated rings. The summed E-state index contributed by atoms with van der Waals surface area (Å²) in [4.78, 5) is 38.2. The fourth-order valence-electron chi connectivity index (χ4n) is 2.49. The molecule has 2 aliphatic heterocycles. The molecule has 3 heterocycles. The number of methoxy groups -OCH3 is 1. The SMILES string of the molecule is C=C(COC(=O)Oc1c2n(ccc1=O)NC1COCCN1C2=O)OC. The summed E-state index contributed by atoms with van der Waals surface area (Å²) in [6.07, 6.45) is -0.103. The minimum atomic E-state index is -1.14. The first-order valence-electron chi connectivity index (χ1n) is 7.48. The molecule has 3 rings (SSSR count). The van der Waals surface area contributed by atoms with Gasteiger partial charge in [-0.25, -0.2) is 4.79 Å². The average molecular weight is 351 g/mol. The Morgan fingerprint density at radius 3 is 3.04 bits per heavy atom. The molecule has 1 unspecified atom stereocenters. The van der Waals surface area contributed by atoms with E-state index in [-0.39, 0.29) is 24.2 Å². The largest absolute Gasteiger partial charge is 0.514 e. The summed E-state index contributed by atoms with van der Waals surface area (Å²) in [5.74, 6) is -0.635. The lowest BCUT2D eigenvalue weighted by Gasteiger charge is -2.41. The number of amides is 1. The van der Waals surface area contributed by atoms with Gasteiger partial charge in [0.1, 0.15) is 11.9 Å². The topological polar surface area (TPSA) is 108 Å². The molecule has 25 heavy (non-hydrogen) atoms. The Hall–Kier alpha value is -3.01. The molecular weight excluding hydrogens is 334 g/mol. The number of fused-ring (bicyclic) bond motifs is 2. The third kappa shape index (κ3) is 3.29. The van der Waals surface area contributed by atoms with Gasteiger partial charge in [-0.15, -0.1) is 0 Å². The Morgan fingerprint density at radius 1 is 1.48 bits per heavy atom. The van der Waals surface area contributed by atoms with Gasteiger partial charge in [-0.3, -0.25) is 14.3 Å². The zero-order valence-electron chi connectivity index (χ0n) is 13.5. The summed E-state index contributed by atoms with van der Waals surface area (Å²) in [6, 6.07) is 1.18. The molecule has 1 atom stereocenters. The van der Waals surface area contributed by atoms with Crippen molar-refractivity contribution in [3.05, 3.63) is 40.5 Å². The van der Waals surface area contributed by atoms with Crippen LogP contribution in [-0.2, 0) is 14.2 Å². The number of pyridine rings is 1. The molecule has 0 aliphatic carbocycles. The van der Waals surface area contributed by atoms with E-state index in [0.717, 1.165) is 0 Å². The van der Waals surface area contributed by atoms with Crippen LogP contribution in [0.4, 0.5) is 4.79 Å². The molecule has 1 N–H and O–H groups in total. The number of morpholine rings is 1. The molecule has 10 nitrogen and oxygen atoms in total. The summed E-state index contributed by atoms with van der Waals surface area (Å²) < 4.78 is 21.2. The smallest absolute Gasteiger partial charge is 0.498 e. The Kier molecular flexibility index (Phi) is 4.61. The monoisotopic (exact) mass is 351 g/mol. The molecule has 1 saturated heterocycles. The molecule has 0 spiro atoms. The van der Waals surface area contributed by atoms with Gasteiger partial charge in [0.25, 0.3) is 5.91 Å². The van der Waals surface area contributed by atoms with Gasteiger partial charge in [0, 0.05) is 18.8 Å². The van der Waals surface area contributed by atoms with E-state index in [1.54, 1.807) is 0 Å². The molecule has 1 amide bonds. The van der Waals surface area contributed by atoms with Gasteiger partial charge in [-0.05, 0) is 0 Å². The number of aromatic nitrogens is 1. The van der Waals surface area contributed by atoms with E-state index in [4.69, 9.17) is 18.9 Å². The molecule has 10 heteroatoms. The third-order valence-corrected chi connectivity index (χ3v) is 3.76. The van der Waals surface area contributed by atoms with E-state index in [1.165, 1.54) is 28.9 Å². The van der Waals surface area contributed by atoms with Crippen LogP contribution in [0.3, 0.4) is 0 Å². The normalized spacial score (nSPS) is 18.5. The van der Waals surface area contributed by atoms with Crippen molar-refractivity contribution in [3.63, 3.8) is 0 Å². The lowest BCUT2D eigenvalue weighted by Crippen LogP contribution is -2.59. The molecule has 1 aromatic rings. The summed E-state index contributed by atoms with van der Waals surface area (Å²) >= 11 is 0. The average Bonchev–Trinajstić information content (AvgIpc) is 2.62. The number of ether oxygens (including phenoxy) is 4. The predicted molar refractivity (Wildman–Crippen MR) is 83.8 cm³/mol. The van der Waals surface area contributed by atoms with Crippen LogP contribution in [-0.4, -0.2) is 61.3 Å². The van der Waals surface area contributed by atoms with Crippen LogP contribution in [0.2, 0.25) is 0 Å². The Labute approximate surface area is 142 Å². The Morgan fingerprint density at radius 2 is 2.28 bits per heavy atom. The number of rotatable bonds is 4. The van der Waals surface area contributed by atoms with Gasteiger partial charge >= 0.3 is 6.16 Å². The first-order valence-corrected chi connectivity index (χ1v) is 7.48. The highest BCUT2D eigenvalue weighted by Crippen LogP contribution is 2.22. The maximum absolute atomic E-state index is 12.7. The molecular formula is C15H17N3O7. The summed E-state index contributed by atoms with van der Waals surface area (Å²) in [5.41, 5.74) is 2.33. The highest BCUT2D eigenvalue weighted by molar-refractivity contribution is 5.97. The fraction of sp³-hybridized carbons (Fsp3) is 0.400. The zero-order valence-corrected chi connectivity index (χ0v) is 13.5. The van der Waals surface area contributed by atoms with E-state index in [9.17, 15) is 14.4 Å². The van der Waals surface area contributed by atoms with Gasteiger partial charge in [-0.1, -0.05) is 6.58 Å². The number of carbonyl (C=O) groups excluding carboxylic acids is 2. The van der Waals surface area contributed by atoms with Crippen LogP contribution in [0.25, 0.3) is 0 Å². The molecule has 0 saturated carbocycles. The molecule has 0 bridgehead atoms. The van der Waals surface area contributed by atoms with E-state index in [1.807, 2.05) is 0 Å².